The zero-order valence-electron chi connectivity index (χ0n) is 14.9. The maximum Gasteiger partial charge on any atom is 0.490 e. The molecule has 0 aromatic rings. The van der Waals surface area contributed by atoms with E-state index in [0.29, 0.717) is 12.8 Å². The average molecular weight is 541 g/mol. The van der Waals surface area contributed by atoms with Crippen LogP contribution in [0.5, 0.6) is 0 Å². The second kappa shape index (κ2) is 6.09. The Morgan fingerprint density at radius 1 is 1.37 bits per heavy atom. The van der Waals surface area contributed by atoms with Crippen molar-refractivity contribution in [2.24, 2.45) is 10.8 Å². The fourth-order valence-corrected chi connectivity index (χ4v) is 6.62. The summed E-state index contributed by atoms with van der Waals surface area (Å²) in [6, 6.07) is 0. The Kier molecular flexibility index (Phi) is 4.93. The minimum atomic E-state index is -5.18. The van der Waals surface area contributed by atoms with Gasteiger partial charge in [-0.05, 0) is 25.3 Å². The molecular formula is C17H20Br2ClF3O4. The molecule has 3 fully saturated rings. The van der Waals surface area contributed by atoms with Gasteiger partial charge in [0.25, 0.3) is 0 Å². The normalized spacial score (nSPS) is 48.9. The van der Waals surface area contributed by atoms with E-state index in [1.807, 2.05) is 20.8 Å². The third-order valence-electron chi connectivity index (χ3n) is 6.62. The van der Waals surface area contributed by atoms with Gasteiger partial charge in [0.1, 0.15) is 6.10 Å². The Balaban J connectivity index is 2.09. The lowest BCUT2D eigenvalue weighted by atomic mass is 9.48. The van der Waals surface area contributed by atoms with Gasteiger partial charge in [-0.3, -0.25) is 0 Å². The summed E-state index contributed by atoms with van der Waals surface area (Å²) in [6.07, 6.45) is -8.03. The number of carbonyl (C=O) groups excluding carboxylic acids is 1. The summed E-state index contributed by atoms with van der Waals surface area (Å²) in [5.74, 6) is -2.37. The first-order chi connectivity index (χ1) is 12.0. The Labute approximate surface area is 177 Å². The highest BCUT2D eigenvalue weighted by Crippen LogP contribution is 2.74. The first-order valence-corrected chi connectivity index (χ1v) is 10.5. The molecule has 1 spiro atoms. The predicted octanol–water partition coefficient (Wildman–Crippen LogP) is 4.45. The van der Waals surface area contributed by atoms with E-state index in [0.717, 1.165) is 0 Å². The fourth-order valence-electron chi connectivity index (χ4n) is 4.89. The van der Waals surface area contributed by atoms with E-state index in [2.05, 4.69) is 43.2 Å². The molecular weight excluding hydrogens is 520 g/mol. The van der Waals surface area contributed by atoms with Crippen LogP contribution in [-0.2, 0) is 14.3 Å². The highest BCUT2D eigenvalue weighted by Gasteiger charge is 2.78. The van der Waals surface area contributed by atoms with Gasteiger partial charge in [0, 0.05) is 15.7 Å². The fraction of sp³-hybridized carbons (Fsp3) is 0.824. The van der Waals surface area contributed by atoms with Crippen molar-refractivity contribution in [3.8, 4) is 0 Å². The summed E-state index contributed by atoms with van der Waals surface area (Å²) in [5.41, 5.74) is -1.40. The summed E-state index contributed by atoms with van der Waals surface area (Å²) in [7, 11) is 0. The molecule has 1 aliphatic heterocycles. The van der Waals surface area contributed by atoms with Gasteiger partial charge in [-0.25, -0.2) is 4.79 Å². The number of halogens is 6. The monoisotopic (exact) mass is 538 g/mol. The van der Waals surface area contributed by atoms with Crippen LogP contribution in [0, 0.1) is 10.8 Å². The Bertz CT molecular complexity index is 698. The molecule has 3 rings (SSSR count). The number of alkyl halides is 6. The standard InChI is InChI=1S/C17H20Br2ClF3O4/c1-7-10(26-12(25)17(21,22)23)11(24)16(19)13(2,3)15(7)5-8(18)14(4,20)6-9(15)27-16/h8-11,24H,1,5-6H2,2-4H3/t8-,9-,10-,11+,14-,15-,16-/m0/s1. The molecule has 3 aliphatic rings. The van der Waals surface area contributed by atoms with Gasteiger partial charge in [0.05, 0.1) is 11.0 Å². The average Bonchev–Trinajstić information content (AvgIpc) is 2.63. The van der Waals surface area contributed by atoms with Crippen molar-refractivity contribution in [2.45, 2.75) is 72.3 Å². The van der Waals surface area contributed by atoms with Crippen LogP contribution in [0.3, 0.4) is 0 Å². The molecule has 0 radical (unpaired) electrons. The molecule has 154 valence electrons. The lowest BCUT2D eigenvalue weighted by Gasteiger charge is -2.58. The first-order valence-electron chi connectivity index (χ1n) is 8.37. The maximum atomic E-state index is 12.8. The largest absolute Gasteiger partial charge is 0.490 e. The highest BCUT2D eigenvalue weighted by atomic mass is 79.9. The van der Waals surface area contributed by atoms with E-state index in [9.17, 15) is 23.1 Å². The van der Waals surface area contributed by atoms with Crippen molar-refractivity contribution in [1.29, 1.82) is 0 Å². The molecule has 0 amide bonds. The van der Waals surface area contributed by atoms with Gasteiger partial charge in [-0.2, -0.15) is 13.2 Å². The third kappa shape index (κ3) is 2.71. The number of fused-ring (bicyclic) bond motifs is 1. The molecule has 7 atom stereocenters. The van der Waals surface area contributed by atoms with Crippen LogP contribution in [0.2, 0.25) is 0 Å². The summed E-state index contributed by atoms with van der Waals surface area (Å²) in [5, 5.41) is 10.9. The number of esters is 1. The van der Waals surface area contributed by atoms with Crippen molar-refractivity contribution in [3.63, 3.8) is 0 Å². The molecule has 1 heterocycles. The van der Waals surface area contributed by atoms with Gasteiger partial charge in [0.15, 0.2) is 10.6 Å². The maximum absolute atomic E-state index is 12.8. The Morgan fingerprint density at radius 2 is 1.93 bits per heavy atom. The number of rotatable bonds is 1. The topological polar surface area (TPSA) is 55.8 Å². The van der Waals surface area contributed by atoms with Crippen LogP contribution in [-0.4, -0.2) is 49.8 Å². The van der Waals surface area contributed by atoms with E-state index in [1.54, 1.807) is 0 Å². The summed E-state index contributed by atoms with van der Waals surface area (Å²) >= 11 is 13.6. The molecule has 27 heavy (non-hydrogen) atoms. The predicted molar refractivity (Wildman–Crippen MR) is 100 cm³/mol. The van der Waals surface area contributed by atoms with Crippen molar-refractivity contribution in [2.75, 3.05) is 0 Å². The number of aliphatic hydroxyl groups is 1. The molecule has 2 saturated carbocycles. The smallest absolute Gasteiger partial charge is 0.448 e. The molecule has 1 N–H and O–H groups in total. The third-order valence-corrected chi connectivity index (χ3v) is 10.3. The van der Waals surface area contributed by atoms with Gasteiger partial charge in [0.2, 0.25) is 0 Å². The minimum absolute atomic E-state index is 0.188. The molecule has 2 bridgehead atoms. The molecule has 10 heteroatoms. The number of ether oxygens (including phenoxy) is 2. The van der Waals surface area contributed by atoms with E-state index in [-0.39, 0.29) is 10.4 Å². The van der Waals surface area contributed by atoms with Crippen molar-refractivity contribution < 1.29 is 32.5 Å². The van der Waals surface area contributed by atoms with Crippen LogP contribution >= 0.6 is 43.5 Å². The molecule has 0 aromatic carbocycles. The highest BCUT2D eigenvalue weighted by molar-refractivity contribution is 9.10. The van der Waals surface area contributed by atoms with E-state index in [4.69, 9.17) is 16.3 Å². The molecule has 1 saturated heterocycles. The van der Waals surface area contributed by atoms with Gasteiger partial charge in [-0.15, -0.1) is 11.6 Å². The summed E-state index contributed by atoms with van der Waals surface area (Å²) < 4.78 is 47.7. The van der Waals surface area contributed by atoms with Crippen molar-refractivity contribution >= 4 is 49.4 Å². The van der Waals surface area contributed by atoms with E-state index < -0.39 is 50.7 Å². The second-order valence-electron chi connectivity index (χ2n) is 8.30. The van der Waals surface area contributed by atoms with Gasteiger partial charge < -0.3 is 14.6 Å². The number of aliphatic hydroxyl groups excluding tert-OH is 1. The Morgan fingerprint density at radius 3 is 2.44 bits per heavy atom. The number of hydrogen-bond acceptors (Lipinski definition) is 4. The molecule has 0 unspecified atom stereocenters. The van der Waals surface area contributed by atoms with Gasteiger partial charge in [-0.1, -0.05) is 52.3 Å². The van der Waals surface area contributed by atoms with E-state index >= 15 is 0 Å². The van der Waals surface area contributed by atoms with Crippen LogP contribution in [0.1, 0.15) is 33.6 Å². The molecule has 2 aliphatic carbocycles. The molecule has 0 aromatic heterocycles. The van der Waals surface area contributed by atoms with Crippen molar-refractivity contribution in [1.82, 2.24) is 0 Å². The van der Waals surface area contributed by atoms with Crippen LogP contribution < -0.4 is 0 Å². The first kappa shape index (κ1) is 21.9. The quantitative estimate of drug-likeness (QED) is 0.304. The van der Waals surface area contributed by atoms with Crippen LogP contribution in [0.25, 0.3) is 0 Å². The van der Waals surface area contributed by atoms with E-state index in [1.165, 1.54) is 0 Å². The summed E-state index contributed by atoms with van der Waals surface area (Å²) in [4.78, 5) is 10.6. The van der Waals surface area contributed by atoms with Crippen LogP contribution in [0.15, 0.2) is 12.2 Å². The summed E-state index contributed by atoms with van der Waals surface area (Å²) in [6.45, 7) is 9.53. The Hall–Kier alpha value is 0.170. The number of carbonyl (C=O) groups is 1. The van der Waals surface area contributed by atoms with Crippen molar-refractivity contribution in [3.05, 3.63) is 12.2 Å². The second-order valence-corrected chi connectivity index (χ2v) is 11.4. The van der Waals surface area contributed by atoms with Crippen LogP contribution in [0.4, 0.5) is 13.2 Å². The minimum Gasteiger partial charge on any atom is -0.448 e. The molecule has 4 nitrogen and oxygen atoms in total. The number of hydrogen-bond donors (Lipinski definition) is 1. The van der Waals surface area contributed by atoms with Gasteiger partial charge >= 0.3 is 12.1 Å². The lowest BCUT2D eigenvalue weighted by Crippen LogP contribution is -2.65. The zero-order valence-corrected chi connectivity index (χ0v) is 18.8. The zero-order chi connectivity index (χ0) is 20.8. The lowest BCUT2D eigenvalue weighted by molar-refractivity contribution is -0.215. The SMILES string of the molecule is C=C1[C@H](OC(=O)C(F)(F)F)[C@@H](O)[C@]2(Br)O[C@H]3C[C@](C)(Cl)[C@@H](Br)C[C@]13C2(C)C.